The van der Waals surface area contributed by atoms with E-state index in [9.17, 15) is 4.79 Å². The van der Waals surface area contributed by atoms with E-state index in [1.165, 1.54) is 12.8 Å². The molecule has 2 saturated carbocycles. The third kappa shape index (κ3) is 1.65. The Labute approximate surface area is 85.4 Å². The fourth-order valence-electron chi connectivity index (χ4n) is 2.36. The van der Waals surface area contributed by atoms with Crippen molar-refractivity contribution in [3.8, 4) is 0 Å². The van der Waals surface area contributed by atoms with Crippen molar-refractivity contribution in [3.05, 3.63) is 0 Å². The Kier molecular flexibility index (Phi) is 2.52. The highest BCUT2D eigenvalue weighted by Gasteiger charge is 2.49. The average molecular weight is 196 g/mol. The van der Waals surface area contributed by atoms with Gasteiger partial charge in [-0.2, -0.15) is 0 Å². The number of nitrogens with two attached hydrogens (primary N) is 1. The monoisotopic (exact) mass is 196 g/mol. The zero-order chi connectivity index (χ0) is 10.2. The predicted molar refractivity (Wildman–Crippen MR) is 55.7 cm³/mol. The first-order valence-electron chi connectivity index (χ1n) is 5.69. The lowest BCUT2D eigenvalue weighted by molar-refractivity contribution is -0.126. The first kappa shape index (κ1) is 9.97. The normalized spacial score (nSPS) is 34.1. The van der Waals surface area contributed by atoms with E-state index in [0.29, 0.717) is 18.5 Å². The molecule has 0 aromatic carbocycles. The summed E-state index contributed by atoms with van der Waals surface area (Å²) in [6.07, 6.45) is 5.61. The van der Waals surface area contributed by atoms with Gasteiger partial charge in [0.1, 0.15) is 0 Å². The van der Waals surface area contributed by atoms with Gasteiger partial charge in [-0.1, -0.05) is 13.3 Å². The quantitative estimate of drug-likeness (QED) is 0.708. The van der Waals surface area contributed by atoms with Gasteiger partial charge in [0, 0.05) is 12.6 Å². The molecule has 0 saturated heterocycles. The summed E-state index contributed by atoms with van der Waals surface area (Å²) in [5.74, 6) is 0.853. The third-order valence-corrected chi connectivity index (χ3v) is 3.90. The topological polar surface area (TPSA) is 55.1 Å². The van der Waals surface area contributed by atoms with E-state index in [0.717, 1.165) is 19.3 Å². The second-order valence-corrected chi connectivity index (χ2v) is 4.97. The largest absolute Gasteiger partial charge is 0.353 e. The Balaban J connectivity index is 1.88. The highest BCUT2D eigenvalue weighted by atomic mass is 16.2. The summed E-state index contributed by atoms with van der Waals surface area (Å²) >= 11 is 0. The van der Waals surface area contributed by atoms with Gasteiger partial charge in [0.2, 0.25) is 5.91 Å². The van der Waals surface area contributed by atoms with E-state index in [-0.39, 0.29) is 11.3 Å². The molecule has 0 radical (unpaired) electrons. The fraction of sp³-hybridized carbons (Fsp3) is 0.909. The molecule has 0 aromatic rings. The molecule has 0 bridgehead atoms. The van der Waals surface area contributed by atoms with Crippen molar-refractivity contribution in [3.63, 3.8) is 0 Å². The SMILES string of the molecule is CC1CCCC1NC(=O)C1(CN)CC1. The first-order chi connectivity index (χ1) is 6.68. The van der Waals surface area contributed by atoms with Crippen LogP contribution in [0.5, 0.6) is 0 Å². The summed E-state index contributed by atoms with van der Waals surface area (Å²) in [5.41, 5.74) is 5.44. The molecule has 3 heteroatoms. The second kappa shape index (κ2) is 3.54. The maximum Gasteiger partial charge on any atom is 0.227 e. The molecule has 14 heavy (non-hydrogen) atoms. The molecule has 2 aliphatic carbocycles. The molecule has 2 aliphatic rings. The summed E-state index contributed by atoms with van der Waals surface area (Å²) in [7, 11) is 0. The second-order valence-electron chi connectivity index (χ2n) is 4.97. The van der Waals surface area contributed by atoms with Crippen molar-refractivity contribution in [2.24, 2.45) is 17.1 Å². The number of hydrogen-bond acceptors (Lipinski definition) is 2. The molecule has 2 rings (SSSR count). The van der Waals surface area contributed by atoms with E-state index in [2.05, 4.69) is 12.2 Å². The molecular weight excluding hydrogens is 176 g/mol. The van der Waals surface area contributed by atoms with Gasteiger partial charge in [-0.15, -0.1) is 0 Å². The van der Waals surface area contributed by atoms with Gasteiger partial charge in [0.25, 0.3) is 0 Å². The van der Waals surface area contributed by atoms with Crippen molar-refractivity contribution in [2.45, 2.75) is 45.1 Å². The van der Waals surface area contributed by atoms with Crippen LogP contribution in [0, 0.1) is 11.3 Å². The van der Waals surface area contributed by atoms with Crippen molar-refractivity contribution in [1.29, 1.82) is 0 Å². The number of carbonyl (C=O) groups excluding carboxylic acids is 1. The van der Waals surface area contributed by atoms with Crippen LogP contribution in [0.4, 0.5) is 0 Å². The van der Waals surface area contributed by atoms with Crippen molar-refractivity contribution in [1.82, 2.24) is 5.32 Å². The maximum atomic E-state index is 11.9. The van der Waals surface area contributed by atoms with Crippen LogP contribution in [0.25, 0.3) is 0 Å². The molecule has 1 amide bonds. The van der Waals surface area contributed by atoms with Gasteiger partial charge < -0.3 is 11.1 Å². The Bertz CT molecular complexity index is 235. The maximum absolute atomic E-state index is 11.9. The molecule has 3 N–H and O–H groups in total. The minimum Gasteiger partial charge on any atom is -0.353 e. The summed E-state index contributed by atoms with van der Waals surface area (Å²) in [6, 6.07) is 0.409. The lowest BCUT2D eigenvalue weighted by Crippen LogP contribution is -2.43. The van der Waals surface area contributed by atoms with Gasteiger partial charge >= 0.3 is 0 Å². The summed E-state index contributed by atoms with van der Waals surface area (Å²) in [6.45, 7) is 2.74. The van der Waals surface area contributed by atoms with Crippen LogP contribution in [0.15, 0.2) is 0 Å². The molecule has 3 nitrogen and oxygen atoms in total. The number of nitrogens with one attached hydrogen (secondary N) is 1. The molecule has 2 fully saturated rings. The van der Waals surface area contributed by atoms with E-state index in [4.69, 9.17) is 5.73 Å². The Morgan fingerprint density at radius 2 is 2.21 bits per heavy atom. The van der Waals surface area contributed by atoms with Gasteiger partial charge in [-0.25, -0.2) is 0 Å². The highest BCUT2D eigenvalue weighted by molar-refractivity contribution is 5.85. The lowest BCUT2D eigenvalue weighted by atomic mass is 10.0. The van der Waals surface area contributed by atoms with E-state index >= 15 is 0 Å². The minimum atomic E-state index is -0.178. The number of amides is 1. The fourth-order valence-corrected chi connectivity index (χ4v) is 2.36. The predicted octanol–water partition coefficient (Wildman–Crippen LogP) is 1.03. The Morgan fingerprint density at radius 1 is 1.50 bits per heavy atom. The van der Waals surface area contributed by atoms with Crippen LogP contribution in [0.2, 0.25) is 0 Å². The summed E-state index contributed by atoms with van der Waals surface area (Å²) in [5, 5.41) is 3.16. The number of hydrogen-bond donors (Lipinski definition) is 2. The van der Waals surface area contributed by atoms with Crippen LogP contribution in [-0.2, 0) is 4.79 Å². The summed E-state index contributed by atoms with van der Waals surface area (Å²) in [4.78, 5) is 11.9. The Hall–Kier alpha value is -0.570. The van der Waals surface area contributed by atoms with Crippen LogP contribution in [0.3, 0.4) is 0 Å². The zero-order valence-electron chi connectivity index (χ0n) is 8.88. The van der Waals surface area contributed by atoms with E-state index < -0.39 is 0 Å². The number of rotatable bonds is 3. The summed E-state index contributed by atoms with van der Waals surface area (Å²) < 4.78 is 0. The van der Waals surface area contributed by atoms with Crippen LogP contribution in [0.1, 0.15) is 39.0 Å². The standard InChI is InChI=1S/C11H20N2O/c1-8-3-2-4-9(8)13-10(14)11(7-12)5-6-11/h8-9H,2-7,12H2,1H3,(H,13,14). The van der Waals surface area contributed by atoms with Gasteiger partial charge in [0.15, 0.2) is 0 Å². The van der Waals surface area contributed by atoms with Gasteiger partial charge in [0.05, 0.1) is 5.41 Å². The first-order valence-corrected chi connectivity index (χ1v) is 5.69. The molecule has 2 atom stereocenters. The van der Waals surface area contributed by atoms with E-state index in [1.807, 2.05) is 0 Å². The molecule has 2 unspecified atom stereocenters. The van der Waals surface area contributed by atoms with Gasteiger partial charge in [-0.05, 0) is 31.6 Å². The zero-order valence-corrected chi connectivity index (χ0v) is 8.88. The molecule has 0 aliphatic heterocycles. The smallest absolute Gasteiger partial charge is 0.227 e. The van der Waals surface area contributed by atoms with Crippen molar-refractivity contribution < 1.29 is 4.79 Å². The molecule has 0 heterocycles. The average Bonchev–Trinajstić information content (AvgIpc) is 2.89. The van der Waals surface area contributed by atoms with E-state index in [1.54, 1.807) is 0 Å². The lowest BCUT2D eigenvalue weighted by Gasteiger charge is -2.20. The number of carbonyl (C=O) groups is 1. The minimum absolute atomic E-state index is 0.178. The van der Waals surface area contributed by atoms with Crippen LogP contribution in [-0.4, -0.2) is 18.5 Å². The molecule has 0 spiro atoms. The Morgan fingerprint density at radius 3 is 2.64 bits per heavy atom. The highest BCUT2D eigenvalue weighted by Crippen LogP contribution is 2.45. The van der Waals surface area contributed by atoms with Crippen molar-refractivity contribution in [2.75, 3.05) is 6.54 Å². The molecule has 80 valence electrons. The van der Waals surface area contributed by atoms with Crippen molar-refractivity contribution >= 4 is 5.91 Å². The van der Waals surface area contributed by atoms with Gasteiger partial charge in [-0.3, -0.25) is 4.79 Å². The third-order valence-electron chi connectivity index (χ3n) is 3.90. The van der Waals surface area contributed by atoms with Crippen LogP contribution >= 0.6 is 0 Å². The van der Waals surface area contributed by atoms with Crippen LogP contribution < -0.4 is 11.1 Å². The molecule has 0 aromatic heterocycles. The molecular formula is C11H20N2O.